The van der Waals surface area contributed by atoms with Gasteiger partial charge in [0.1, 0.15) is 11.5 Å². The summed E-state index contributed by atoms with van der Waals surface area (Å²) in [5.41, 5.74) is 0.424. The Hall–Kier alpha value is -2.22. The van der Waals surface area contributed by atoms with Crippen LogP contribution in [0, 0.1) is 6.92 Å². The quantitative estimate of drug-likeness (QED) is 0.842. The SMILES string of the molecule is Cc1nsc(N2CCN(C(=O)c3cccc(OC(C)C)n3)CC2)n1. The minimum absolute atomic E-state index is 0.0294. The zero-order valence-corrected chi connectivity index (χ0v) is 14.9. The molecule has 1 aliphatic rings. The average molecular weight is 347 g/mol. The molecule has 1 fully saturated rings. The van der Waals surface area contributed by atoms with E-state index in [1.807, 2.05) is 25.7 Å². The highest BCUT2D eigenvalue weighted by molar-refractivity contribution is 7.09. The van der Waals surface area contributed by atoms with E-state index in [4.69, 9.17) is 4.74 Å². The summed E-state index contributed by atoms with van der Waals surface area (Å²) in [5, 5.41) is 0.921. The van der Waals surface area contributed by atoms with Gasteiger partial charge in [-0.05, 0) is 26.8 Å². The standard InChI is InChI=1S/C16H21N5O2S/c1-11(2)23-14-6-4-5-13(18-14)15(22)20-7-9-21(10-8-20)16-17-12(3)19-24-16/h4-6,11H,7-10H2,1-3H3. The van der Waals surface area contributed by atoms with E-state index in [1.54, 1.807) is 18.2 Å². The van der Waals surface area contributed by atoms with Crippen LogP contribution in [0.5, 0.6) is 5.88 Å². The Bertz CT molecular complexity index is 710. The lowest BCUT2D eigenvalue weighted by Gasteiger charge is -2.34. The number of carbonyl (C=O) groups is 1. The van der Waals surface area contributed by atoms with Gasteiger partial charge in [0.05, 0.1) is 6.10 Å². The maximum atomic E-state index is 12.6. The van der Waals surface area contributed by atoms with Gasteiger partial charge in [-0.3, -0.25) is 4.79 Å². The van der Waals surface area contributed by atoms with Crippen LogP contribution in [0.15, 0.2) is 18.2 Å². The molecule has 0 atom stereocenters. The van der Waals surface area contributed by atoms with Crippen LogP contribution < -0.4 is 9.64 Å². The van der Waals surface area contributed by atoms with Crippen molar-refractivity contribution in [1.29, 1.82) is 0 Å². The van der Waals surface area contributed by atoms with Gasteiger partial charge in [-0.25, -0.2) is 9.97 Å². The van der Waals surface area contributed by atoms with Crippen LogP contribution in [-0.2, 0) is 0 Å². The molecule has 7 nitrogen and oxygen atoms in total. The number of hydrogen-bond acceptors (Lipinski definition) is 7. The van der Waals surface area contributed by atoms with Crippen molar-refractivity contribution >= 4 is 22.6 Å². The second kappa shape index (κ2) is 7.12. The molecule has 0 spiro atoms. The molecule has 8 heteroatoms. The van der Waals surface area contributed by atoms with Crippen LogP contribution in [0.2, 0.25) is 0 Å². The van der Waals surface area contributed by atoms with Gasteiger partial charge in [0.15, 0.2) is 0 Å². The van der Waals surface area contributed by atoms with E-state index < -0.39 is 0 Å². The summed E-state index contributed by atoms with van der Waals surface area (Å²) < 4.78 is 9.78. The Kier molecular flexibility index (Phi) is 4.94. The van der Waals surface area contributed by atoms with E-state index in [0.29, 0.717) is 24.7 Å². The second-order valence-corrected chi connectivity index (χ2v) is 6.66. The number of piperazine rings is 1. The summed E-state index contributed by atoms with van der Waals surface area (Å²) in [4.78, 5) is 25.4. The lowest BCUT2D eigenvalue weighted by Crippen LogP contribution is -2.49. The van der Waals surface area contributed by atoms with E-state index >= 15 is 0 Å². The van der Waals surface area contributed by atoms with Crippen molar-refractivity contribution in [3.8, 4) is 5.88 Å². The molecule has 3 heterocycles. The molecule has 1 aliphatic heterocycles. The maximum absolute atomic E-state index is 12.6. The Balaban J connectivity index is 1.62. The highest BCUT2D eigenvalue weighted by Gasteiger charge is 2.24. The fraction of sp³-hybridized carbons (Fsp3) is 0.500. The van der Waals surface area contributed by atoms with Crippen molar-refractivity contribution in [3.05, 3.63) is 29.7 Å². The molecule has 2 aromatic rings. The fourth-order valence-corrected chi connectivity index (χ4v) is 3.24. The van der Waals surface area contributed by atoms with E-state index in [1.165, 1.54) is 11.5 Å². The van der Waals surface area contributed by atoms with Gasteiger partial charge in [-0.1, -0.05) is 6.07 Å². The highest BCUT2D eigenvalue weighted by atomic mass is 32.1. The van der Waals surface area contributed by atoms with Gasteiger partial charge in [0.2, 0.25) is 11.0 Å². The number of amides is 1. The number of carbonyl (C=O) groups excluding carboxylic acids is 1. The third kappa shape index (κ3) is 3.81. The zero-order chi connectivity index (χ0) is 17.1. The molecule has 0 saturated carbocycles. The van der Waals surface area contributed by atoms with Gasteiger partial charge in [0, 0.05) is 43.8 Å². The van der Waals surface area contributed by atoms with Crippen molar-refractivity contribution in [2.45, 2.75) is 26.9 Å². The van der Waals surface area contributed by atoms with Crippen molar-refractivity contribution in [2.24, 2.45) is 0 Å². The molecule has 0 aliphatic carbocycles. The predicted octanol–water partition coefficient (Wildman–Crippen LogP) is 1.99. The summed E-state index contributed by atoms with van der Waals surface area (Å²) in [7, 11) is 0. The van der Waals surface area contributed by atoms with Gasteiger partial charge >= 0.3 is 0 Å². The summed E-state index contributed by atoms with van der Waals surface area (Å²) >= 11 is 1.40. The molecular weight excluding hydrogens is 326 g/mol. The van der Waals surface area contributed by atoms with Crippen LogP contribution in [0.25, 0.3) is 0 Å². The Morgan fingerprint density at radius 2 is 1.96 bits per heavy atom. The highest BCUT2D eigenvalue weighted by Crippen LogP contribution is 2.19. The first-order chi connectivity index (χ1) is 11.5. The normalized spacial score (nSPS) is 15.0. The molecule has 128 valence electrons. The smallest absolute Gasteiger partial charge is 0.272 e. The van der Waals surface area contributed by atoms with Crippen LogP contribution >= 0.6 is 11.5 Å². The van der Waals surface area contributed by atoms with Gasteiger partial charge in [-0.2, -0.15) is 4.37 Å². The van der Waals surface area contributed by atoms with Gasteiger partial charge in [-0.15, -0.1) is 0 Å². The number of aryl methyl sites for hydroxylation is 1. The largest absolute Gasteiger partial charge is 0.475 e. The number of rotatable bonds is 4. The summed E-state index contributed by atoms with van der Waals surface area (Å²) in [6, 6.07) is 5.31. The molecule has 0 aromatic carbocycles. The van der Waals surface area contributed by atoms with Crippen molar-refractivity contribution in [3.63, 3.8) is 0 Å². The lowest BCUT2D eigenvalue weighted by atomic mass is 10.2. The van der Waals surface area contributed by atoms with Crippen molar-refractivity contribution in [1.82, 2.24) is 19.2 Å². The molecule has 3 rings (SSSR count). The maximum Gasteiger partial charge on any atom is 0.272 e. The molecule has 0 bridgehead atoms. The fourth-order valence-electron chi connectivity index (χ4n) is 2.52. The molecule has 0 radical (unpaired) electrons. The molecule has 0 unspecified atom stereocenters. The number of anilines is 1. The summed E-state index contributed by atoms with van der Waals surface area (Å²) in [6.45, 7) is 8.56. The predicted molar refractivity (Wildman–Crippen MR) is 92.8 cm³/mol. The monoisotopic (exact) mass is 347 g/mol. The first kappa shape index (κ1) is 16.6. The first-order valence-corrected chi connectivity index (χ1v) is 8.78. The van der Waals surface area contributed by atoms with Crippen LogP contribution in [-0.4, -0.2) is 57.4 Å². The number of pyridine rings is 1. The van der Waals surface area contributed by atoms with E-state index in [0.717, 1.165) is 24.0 Å². The molecular formula is C16H21N5O2S. The summed E-state index contributed by atoms with van der Waals surface area (Å²) in [6.07, 6.45) is 0.0294. The topological polar surface area (TPSA) is 71.5 Å². The van der Waals surface area contributed by atoms with Crippen molar-refractivity contribution < 1.29 is 9.53 Å². The molecule has 1 saturated heterocycles. The van der Waals surface area contributed by atoms with Gasteiger partial charge < -0.3 is 14.5 Å². The minimum Gasteiger partial charge on any atom is -0.475 e. The molecule has 0 N–H and O–H groups in total. The first-order valence-electron chi connectivity index (χ1n) is 8.01. The van der Waals surface area contributed by atoms with E-state index in [-0.39, 0.29) is 12.0 Å². The van der Waals surface area contributed by atoms with Crippen LogP contribution in [0.4, 0.5) is 5.13 Å². The van der Waals surface area contributed by atoms with Crippen LogP contribution in [0.3, 0.4) is 0 Å². The van der Waals surface area contributed by atoms with E-state index in [2.05, 4.69) is 19.2 Å². The third-order valence-corrected chi connectivity index (χ3v) is 4.52. The summed E-state index contributed by atoms with van der Waals surface area (Å²) in [5.74, 6) is 1.22. The Labute approximate surface area is 145 Å². The molecule has 2 aromatic heterocycles. The van der Waals surface area contributed by atoms with Gasteiger partial charge in [0.25, 0.3) is 5.91 Å². The number of ether oxygens (including phenoxy) is 1. The van der Waals surface area contributed by atoms with E-state index in [9.17, 15) is 4.79 Å². The Morgan fingerprint density at radius 1 is 1.21 bits per heavy atom. The lowest BCUT2D eigenvalue weighted by molar-refractivity contribution is 0.0739. The van der Waals surface area contributed by atoms with Crippen molar-refractivity contribution in [2.75, 3.05) is 31.1 Å². The number of aromatic nitrogens is 3. The minimum atomic E-state index is -0.0581. The zero-order valence-electron chi connectivity index (χ0n) is 14.1. The number of nitrogens with zero attached hydrogens (tertiary/aromatic N) is 5. The average Bonchev–Trinajstić information content (AvgIpc) is 3.00. The number of hydrogen-bond donors (Lipinski definition) is 0. The van der Waals surface area contributed by atoms with Crippen LogP contribution in [0.1, 0.15) is 30.2 Å². The third-order valence-electron chi connectivity index (χ3n) is 3.65. The molecule has 24 heavy (non-hydrogen) atoms. The second-order valence-electron chi connectivity index (χ2n) is 5.93. The Morgan fingerprint density at radius 3 is 2.58 bits per heavy atom. The molecule has 1 amide bonds.